The van der Waals surface area contributed by atoms with Crippen LogP contribution in [0, 0.1) is 0 Å². The molecular weight excluding hydrogens is 104 g/mol. The fraction of sp³-hybridized carbons (Fsp3) is 0.200. The van der Waals surface area contributed by atoms with E-state index < -0.39 is 0 Å². The molecule has 3 heteroatoms. The summed E-state index contributed by atoms with van der Waals surface area (Å²) in [6.07, 6.45) is 3.25. The Bertz CT molecular complexity index is 152. The van der Waals surface area contributed by atoms with Crippen molar-refractivity contribution in [2.45, 2.75) is 6.61 Å². The number of aromatic nitrogens is 2. The Morgan fingerprint density at radius 3 is 3.00 bits per heavy atom. The summed E-state index contributed by atoms with van der Waals surface area (Å²) in [5.74, 6) is 0. The molecule has 1 rings (SSSR count). The number of nitrogens with zero attached hydrogens (tertiary/aromatic N) is 1. The standard InChI is InChI=1S/C5H6N2O/c8-3-5-1-2-6-4-7-5/h1-2,4,8H,3H2/p+1. The van der Waals surface area contributed by atoms with Gasteiger partial charge in [-0.05, 0) is 0 Å². The summed E-state index contributed by atoms with van der Waals surface area (Å²) in [5, 5.41) is 8.46. The molecule has 0 atom stereocenters. The van der Waals surface area contributed by atoms with Crippen LogP contribution in [-0.2, 0) is 6.61 Å². The summed E-state index contributed by atoms with van der Waals surface area (Å²) in [5.41, 5.74) is 0.684. The van der Waals surface area contributed by atoms with E-state index in [9.17, 15) is 0 Å². The molecule has 8 heavy (non-hydrogen) atoms. The molecule has 0 spiro atoms. The van der Waals surface area contributed by atoms with E-state index >= 15 is 0 Å². The highest BCUT2D eigenvalue weighted by atomic mass is 16.3. The zero-order chi connectivity index (χ0) is 5.82. The molecule has 0 bridgehead atoms. The van der Waals surface area contributed by atoms with Gasteiger partial charge in [-0.2, -0.15) is 0 Å². The summed E-state index contributed by atoms with van der Waals surface area (Å²) in [7, 11) is 0. The monoisotopic (exact) mass is 111 g/mol. The SMILES string of the molecule is OCc1cc[nH+]cn1. The van der Waals surface area contributed by atoms with Gasteiger partial charge in [0.2, 0.25) is 0 Å². The molecule has 1 aromatic heterocycles. The van der Waals surface area contributed by atoms with Gasteiger partial charge in [0, 0.05) is 6.07 Å². The van der Waals surface area contributed by atoms with Gasteiger partial charge >= 0.3 is 0 Å². The van der Waals surface area contributed by atoms with E-state index in [1.165, 1.54) is 6.33 Å². The second-order valence-corrected chi connectivity index (χ2v) is 1.41. The van der Waals surface area contributed by atoms with Crippen LogP contribution in [0.5, 0.6) is 0 Å². The lowest BCUT2D eigenvalue weighted by Gasteiger charge is -1.79. The maximum atomic E-state index is 8.46. The Labute approximate surface area is 47.0 Å². The highest BCUT2D eigenvalue weighted by Crippen LogP contribution is 1.84. The van der Waals surface area contributed by atoms with Crippen LogP contribution in [0.3, 0.4) is 0 Å². The summed E-state index contributed by atoms with van der Waals surface area (Å²) in [6, 6.07) is 1.72. The van der Waals surface area contributed by atoms with Crippen LogP contribution < -0.4 is 4.98 Å². The van der Waals surface area contributed by atoms with Crippen molar-refractivity contribution in [3.63, 3.8) is 0 Å². The van der Waals surface area contributed by atoms with Crippen LogP contribution in [0.25, 0.3) is 0 Å². The molecule has 0 unspecified atom stereocenters. The van der Waals surface area contributed by atoms with E-state index in [1.54, 1.807) is 12.3 Å². The number of nitrogens with one attached hydrogen (secondary N) is 1. The van der Waals surface area contributed by atoms with Gasteiger partial charge in [0.1, 0.15) is 6.61 Å². The highest BCUT2D eigenvalue weighted by molar-refractivity contribution is 4.91. The molecule has 1 heterocycles. The maximum Gasteiger partial charge on any atom is 0.284 e. The smallest absolute Gasteiger partial charge is 0.284 e. The lowest BCUT2D eigenvalue weighted by Crippen LogP contribution is -2.02. The molecule has 1 aromatic rings. The predicted octanol–water partition coefficient (Wildman–Crippen LogP) is -0.612. The van der Waals surface area contributed by atoms with Crippen molar-refractivity contribution in [1.82, 2.24) is 4.98 Å². The van der Waals surface area contributed by atoms with E-state index in [1.807, 2.05) is 0 Å². The number of aliphatic hydroxyl groups excluding tert-OH is 1. The molecule has 0 saturated carbocycles. The molecule has 0 saturated heterocycles. The third kappa shape index (κ3) is 1.01. The van der Waals surface area contributed by atoms with Gasteiger partial charge in [-0.15, -0.1) is 0 Å². The van der Waals surface area contributed by atoms with Crippen molar-refractivity contribution in [3.05, 3.63) is 24.3 Å². The van der Waals surface area contributed by atoms with Gasteiger partial charge in [0.05, 0.1) is 6.20 Å². The summed E-state index contributed by atoms with van der Waals surface area (Å²) >= 11 is 0. The number of H-pyrrole nitrogens is 1. The minimum atomic E-state index is 0.00861. The number of rotatable bonds is 1. The molecule has 0 aliphatic rings. The number of aliphatic hydroxyl groups is 1. The Morgan fingerprint density at radius 2 is 2.62 bits per heavy atom. The summed E-state index contributed by atoms with van der Waals surface area (Å²) in [4.78, 5) is 6.54. The van der Waals surface area contributed by atoms with Gasteiger partial charge in [-0.3, -0.25) is 4.98 Å². The van der Waals surface area contributed by atoms with Crippen molar-refractivity contribution < 1.29 is 10.1 Å². The normalized spacial score (nSPS) is 9.12. The summed E-state index contributed by atoms with van der Waals surface area (Å²) in [6.45, 7) is 0.00861. The molecule has 0 radical (unpaired) electrons. The van der Waals surface area contributed by atoms with Gasteiger partial charge in [0.25, 0.3) is 6.33 Å². The number of hydrogen-bond acceptors (Lipinski definition) is 2. The van der Waals surface area contributed by atoms with Crippen molar-refractivity contribution in [1.29, 1.82) is 0 Å². The molecular formula is C5H7N2O+. The second-order valence-electron chi connectivity index (χ2n) is 1.41. The first kappa shape index (κ1) is 5.18. The number of aromatic amines is 1. The number of hydrogen-bond donors (Lipinski definition) is 1. The van der Waals surface area contributed by atoms with E-state index in [2.05, 4.69) is 9.97 Å². The van der Waals surface area contributed by atoms with Crippen LogP contribution in [0.2, 0.25) is 0 Å². The van der Waals surface area contributed by atoms with Crippen molar-refractivity contribution >= 4 is 0 Å². The van der Waals surface area contributed by atoms with Gasteiger partial charge in [-0.1, -0.05) is 4.98 Å². The van der Waals surface area contributed by atoms with E-state index in [-0.39, 0.29) is 6.61 Å². The molecule has 3 nitrogen and oxygen atoms in total. The second kappa shape index (κ2) is 2.37. The fourth-order valence-electron chi connectivity index (χ4n) is 0.444. The molecule has 42 valence electrons. The zero-order valence-corrected chi connectivity index (χ0v) is 4.33. The lowest BCUT2D eigenvalue weighted by atomic mass is 10.4. The molecule has 0 aliphatic carbocycles. The molecule has 0 aromatic carbocycles. The first-order chi connectivity index (χ1) is 3.93. The largest absolute Gasteiger partial charge is 0.388 e. The Hall–Kier alpha value is -0.960. The fourth-order valence-corrected chi connectivity index (χ4v) is 0.444. The first-order valence-corrected chi connectivity index (χ1v) is 2.35. The Balaban J connectivity index is 2.83. The minimum Gasteiger partial charge on any atom is -0.388 e. The summed E-state index contributed by atoms with van der Waals surface area (Å²) < 4.78 is 0. The molecule has 0 amide bonds. The predicted molar refractivity (Wildman–Crippen MR) is 26.7 cm³/mol. The van der Waals surface area contributed by atoms with Crippen LogP contribution in [0.1, 0.15) is 5.69 Å². The Morgan fingerprint density at radius 1 is 1.75 bits per heavy atom. The van der Waals surface area contributed by atoms with E-state index in [0.29, 0.717) is 5.69 Å². The molecule has 0 aliphatic heterocycles. The van der Waals surface area contributed by atoms with Crippen molar-refractivity contribution in [3.8, 4) is 0 Å². The minimum absolute atomic E-state index is 0.00861. The van der Waals surface area contributed by atoms with Gasteiger partial charge in [0.15, 0.2) is 5.69 Å². The van der Waals surface area contributed by atoms with Crippen LogP contribution >= 0.6 is 0 Å². The van der Waals surface area contributed by atoms with Gasteiger partial charge in [-0.25, -0.2) is 0 Å². The van der Waals surface area contributed by atoms with Crippen LogP contribution in [0.15, 0.2) is 18.6 Å². The first-order valence-electron chi connectivity index (χ1n) is 2.35. The van der Waals surface area contributed by atoms with Gasteiger partial charge < -0.3 is 5.11 Å². The lowest BCUT2D eigenvalue weighted by molar-refractivity contribution is -0.383. The molecule has 2 N–H and O–H groups in total. The van der Waals surface area contributed by atoms with E-state index in [0.717, 1.165) is 0 Å². The third-order valence-corrected chi connectivity index (χ3v) is 0.839. The van der Waals surface area contributed by atoms with Crippen molar-refractivity contribution in [2.24, 2.45) is 0 Å². The third-order valence-electron chi connectivity index (χ3n) is 0.839. The van der Waals surface area contributed by atoms with E-state index in [4.69, 9.17) is 5.11 Å². The quantitative estimate of drug-likeness (QED) is 0.525. The maximum absolute atomic E-state index is 8.46. The van der Waals surface area contributed by atoms with Crippen molar-refractivity contribution in [2.75, 3.05) is 0 Å². The average molecular weight is 111 g/mol. The topological polar surface area (TPSA) is 47.3 Å². The van der Waals surface area contributed by atoms with Crippen LogP contribution in [-0.4, -0.2) is 10.1 Å². The zero-order valence-electron chi connectivity index (χ0n) is 4.33. The van der Waals surface area contributed by atoms with Crippen LogP contribution in [0.4, 0.5) is 0 Å². The highest BCUT2D eigenvalue weighted by Gasteiger charge is 1.92. The Kier molecular flexibility index (Phi) is 1.54. The average Bonchev–Trinajstić information content (AvgIpc) is 1.90. The molecule has 0 fully saturated rings.